The van der Waals surface area contributed by atoms with Gasteiger partial charge in [0.2, 0.25) is 0 Å². The summed E-state index contributed by atoms with van der Waals surface area (Å²) in [7, 11) is 8.19. The minimum Gasteiger partial charge on any atom is -0.383 e. The molecule has 0 saturated carbocycles. The predicted octanol–water partition coefficient (Wildman–Crippen LogP) is 0.247. The Morgan fingerprint density at radius 1 is 1.56 bits per heavy atom. The van der Waals surface area contributed by atoms with Gasteiger partial charge in [0.1, 0.15) is 0 Å². The highest BCUT2D eigenvalue weighted by molar-refractivity contribution is 4.80. The molecule has 2 atom stereocenters. The molecule has 1 heterocycles. The minimum absolute atomic E-state index is 0.432. The van der Waals surface area contributed by atoms with Crippen molar-refractivity contribution in [3.05, 3.63) is 0 Å². The van der Waals surface area contributed by atoms with E-state index in [2.05, 4.69) is 29.2 Å². The average Bonchev–Trinajstić information content (AvgIpc) is 2.64. The summed E-state index contributed by atoms with van der Waals surface area (Å²) >= 11 is 0. The van der Waals surface area contributed by atoms with Gasteiger partial charge in [0.15, 0.2) is 0 Å². The van der Waals surface area contributed by atoms with Gasteiger partial charge >= 0.3 is 0 Å². The van der Waals surface area contributed by atoms with E-state index in [1.54, 1.807) is 7.11 Å². The van der Waals surface area contributed by atoms with Crippen LogP contribution in [0.5, 0.6) is 0 Å². The Hall–Kier alpha value is -0.160. The van der Waals surface area contributed by atoms with Crippen molar-refractivity contribution in [2.45, 2.75) is 24.9 Å². The molecule has 0 radical (unpaired) electrons. The van der Waals surface area contributed by atoms with E-state index in [1.807, 2.05) is 7.05 Å². The quantitative estimate of drug-likeness (QED) is 0.677. The molecule has 2 unspecified atom stereocenters. The Bertz CT molecular complexity index is 189. The number of methoxy groups -OCH3 is 1. The number of nitrogens with zero attached hydrogens (tertiary/aromatic N) is 2. The molecular formula is C12H27N3O. The van der Waals surface area contributed by atoms with Crippen molar-refractivity contribution in [3.63, 3.8) is 0 Å². The van der Waals surface area contributed by atoms with Crippen molar-refractivity contribution < 1.29 is 4.74 Å². The Morgan fingerprint density at radius 3 is 2.81 bits per heavy atom. The maximum atomic E-state index is 5.19. The number of hydrogen-bond acceptors (Lipinski definition) is 4. The standard InChI is InChI=1S/C12H27N3O/c1-13-11(10-16-4)8-14(2)9-12-6-5-7-15(12)3/h11-13H,5-10H2,1-4H3. The van der Waals surface area contributed by atoms with Crippen molar-refractivity contribution in [2.24, 2.45) is 0 Å². The summed E-state index contributed by atoms with van der Waals surface area (Å²) in [6, 6.07) is 1.17. The molecule has 0 aromatic carbocycles. The predicted molar refractivity (Wildman–Crippen MR) is 67.9 cm³/mol. The zero-order chi connectivity index (χ0) is 12.0. The van der Waals surface area contributed by atoms with E-state index in [9.17, 15) is 0 Å². The van der Waals surface area contributed by atoms with E-state index in [-0.39, 0.29) is 0 Å². The smallest absolute Gasteiger partial charge is 0.0628 e. The molecule has 0 spiro atoms. The molecule has 1 rings (SSSR count). The third kappa shape index (κ3) is 4.37. The first kappa shape index (κ1) is 13.9. The lowest BCUT2D eigenvalue weighted by molar-refractivity contribution is 0.139. The molecule has 96 valence electrons. The van der Waals surface area contributed by atoms with Crippen LogP contribution in [0.15, 0.2) is 0 Å². The van der Waals surface area contributed by atoms with Crippen molar-refractivity contribution in [2.75, 3.05) is 54.5 Å². The van der Waals surface area contributed by atoms with Crippen LogP contribution in [0.4, 0.5) is 0 Å². The molecule has 4 nitrogen and oxygen atoms in total. The Labute approximate surface area is 99.9 Å². The highest BCUT2D eigenvalue weighted by Crippen LogP contribution is 2.15. The van der Waals surface area contributed by atoms with Crippen LogP contribution in [-0.2, 0) is 4.74 Å². The van der Waals surface area contributed by atoms with Gasteiger partial charge in [-0.05, 0) is 40.5 Å². The van der Waals surface area contributed by atoms with Crippen LogP contribution < -0.4 is 5.32 Å². The number of nitrogens with one attached hydrogen (secondary N) is 1. The molecule has 16 heavy (non-hydrogen) atoms. The number of ether oxygens (including phenoxy) is 1. The van der Waals surface area contributed by atoms with Gasteiger partial charge in [0.05, 0.1) is 6.61 Å². The molecule has 0 bridgehead atoms. The van der Waals surface area contributed by atoms with Crippen molar-refractivity contribution in [1.82, 2.24) is 15.1 Å². The maximum absolute atomic E-state index is 5.19. The SMILES string of the molecule is CNC(COC)CN(C)CC1CCCN1C. The average molecular weight is 229 g/mol. The molecule has 0 aliphatic carbocycles. The molecule has 1 saturated heterocycles. The molecule has 0 amide bonds. The van der Waals surface area contributed by atoms with E-state index in [0.717, 1.165) is 19.2 Å². The van der Waals surface area contributed by atoms with Gasteiger partial charge in [-0.25, -0.2) is 0 Å². The molecule has 1 fully saturated rings. The summed E-state index contributed by atoms with van der Waals surface area (Å²) in [5.74, 6) is 0. The van der Waals surface area contributed by atoms with Crippen molar-refractivity contribution in [1.29, 1.82) is 0 Å². The molecule has 0 aromatic rings. The first-order valence-electron chi connectivity index (χ1n) is 6.22. The summed E-state index contributed by atoms with van der Waals surface area (Å²) < 4.78 is 5.19. The highest BCUT2D eigenvalue weighted by Gasteiger charge is 2.22. The number of likely N-dealkylation sites (tertiary alicyclic amines) is 1. The van der Waals surface area contributed by atoms with E-state index in [1.165, 1.54) is 25.9 Å². The van der Waals surface area contributed by atoms with Gasteiger partial charge in [0, 0.05) is 32.3 Å². The van der Waals surface area contributed by atoms with Crippen LogP contribution in [0.1, 0.15) is 12.8 Å². The van der Waals surface area contributed by atoms with Crippen LogP contribution in [-0.4, -0.2) is 76.4 Å². The van der Waals surface area contributed by atoms with Gasteiger partial charge in [-0.3, -0.25) is 0 Å². The van der Waals surface area contributed by atoms with E-state index in [4.69, 9.17) is 4.74 Å². The van der Waals surface area contributed by atoms with Gasteiger partial charge in [-0.1, -0.05) is 0 Å². The lowest BCUT2D eigenvalue weighted by atomic mass is 10.2. The molecule has 1 aliphatic heterocycles. The minimum atomic E-state index is 0.432. The van der Waals surface area contributed by atoms with E-state index in [0.29, 0.717) is 6.04 Å². The summed E-state index contributed by atoms with van der Waals surface area (Å²) in [4.78, 5) is 4.88. The van der Waals surface area contributed by atoms with Gasteiger partial charge in [-0.2, -0.15) is 0 Å². The first-order valence-corrected chi connectivity index (χ1v) is 6.22. The number of hydrogen-bond donors (Lipinski definition) is 1. The van der Waals surface area contributed by atoms with Gasteiger partial charge < -0.3 is 19.9 Å². The maximum Gasteiger partial charge on any atom is 0.0628 e. The summed E-state index contributed by atoms with van der Waals surface area (Å²) in [5.41, 5.74) is 0. The second-order valence-electron chi connectivity index (χ2n) is 4.94. The van der Waals surface area contributed by atoms with Crippen molar-refractivity contribution >= 4 is 0 Å². The van der Waals surface area contributed by atoms with Crippen LogP contribution >= 0.6 is 0 Å². The van der Waals surface area contributed by atoms with Crippen molar-refractivity contribution in [3.8, 4) is 0 Å². The molecule has 0 aromatic heterocycles. The second kappa shape index (κ2) is 7.22. The van der Waals surface area contributed by atoms with Crippen LogP contribution in [0.3, 0.4) is 0 Å². The van der Waals surface area contributed by atoms with Crippen LogP contribution in [0.25, 0.3) is 0 Å². The third-order valence-electron chi connectivity index (χ3n) is 3.50. The zero-order valence-electron chi connectivity index (χ0n) is 11.2. The zero-order valence-corrected chi connectivity index (χ0v) is 11.2. The Morgan fingerprint density at radius 2 is 2.31 bits per heavy atom. The molecule has 1 aliphatic rings. The Kier molecular flexibility index (Phi) is 6.28. The largest absolute Gasteiger partial charge is 0.383 e. The summed E-state index contributed by atoms with van der Waals surface area (Å²) in [6.45, 7) is 4.25. The molecule has 1 N–H and O–H groups in total. The number of rotatable bonds is 7. The third-order valence-corrected chi connectivity index (χ3v) is 3.50. The van der Waals surface area contributed by atoms with Crippen LogP contribution in [0.2, 0.25) is 0 Å². The van der Waals surface area contributed by atoms with E-state index < -0.39 is 0 Å². The fourth-order valence-electron chi connectivity index (χ4n) is 2.45. The first-order chi connectivity index (χ1) is 7.67. The van der Waals surface area contributed by atoms with E-state index >= 15 is 0 Å². The highest BCUT2D eigenvalue weighted by atomic mass is 16.5. The normalized spacial score (nSPS) is 24.2. The fraction of sp³-hybridized carbons (Fsp3) is 1.00. The topological polar surface area (TPSA) is 27.7 Å². The molecule has 4 heteroatoms. The lowest BCUT2D eigenvalue weighted by Gasteiger charge is -2.28. The summed E-state index contributed by atoms with van der Waals surface area (Å²) in [5, 5.41) is 3.29. The fourth-order valence-corrected chi connectivity index (χ4v) is 2.45. The Balaban J connectivity index is 2.25. The van der Waals surface area contributed by atoms with Gasteiger partial charge in [-0.15, -0.1) is 0 Å². The lowest BCUT2D eigenvalue weighted by Crippen LogP contribution is -2.44. The second-order valence-corrected chi connectivity index (χ2v) is 4.94. The number of likely N-dealkylation sites (N-methyl/N-ethyl adjacent to an activating group) is 3. The monoisotopic (exact) mass is 229 g/mol. The summed E-state index contributed by atoms with van der Waals surface area (Å²) in [6.07, 6.45) is 2.69. The van der Waals surface area contributed by atoms with Crippen LogP contribution in [0, 0.1) is 0 Å². The van der Waals surface area contributed by atoms with Gasteiger partial charge in [0.25, 0.3) is 0 Å². The molecular weight excluding hydrogens is 202 g/mol.